The highest BCUT2D eigenvalue weighted by Gasteiger charge is 2.54. The second-order valence-corrected chi connectivity index (χ2v) is 21.8. The van der Waals surface area contributed by atoms with Crippen LogP contribution in [-0.4, -0.2) is 257 Å². The lowest BCUT2D eigenvalue weighted by atomic mass is 9.98. The lowest BCUT2D eigenvalue weighted by Gasteiger charge is -2.44. The van der Waals surface area contributed by atoms with Gasteiger partial charge in [0.05, 0.1) is 79.2 Å². The van der Waals surface area contributed by atoms with Crippen LogP contribution >= 0.6 is 0 Å². The van der Waals surface area contributed by atoms with Crippen LogP contribution in [0.5, 0.6) is 0 Å². The maximum atomic E-state index is 13.6. The Morgan fingerprint density at radius 3 is 1.23 bits per heavy atom. The van der Waals surface area contributed by atoms with E-state index in [1.807, 2.05) is 6.07 Å². The number of alkyl carbamates (subject to hydrolysis) is 1. The van der Waals surface area contributed by atoms with Gasteiger partial charge in [-0.3, -0.25) is 62.3 Å². The van der Waals surface area contributed by atoms with Gasteiger partial charge in [-0.15, -0.1) is 0 Å². The molecule has 0 spiro atoms. The molecule has 2 aromatic carbocycles. The van der Waals surface area contributed by atoms with Crippen molar-refractivity contribution < 1.29 is 148 Å². The van der Waals surface area contributed by atoms with Gasteiger partial charge in [-0.05, 0) is 30.2 Å². The van der Waals surface area contributed by atoms with Crippen molar-refractivity contribution in [1.82, 2.24) is 26.6 Å². The lowest BCUT2D eigenvalue weighted by Crippen LogP contribution is -2.63. The molecule has 0 unspecified atom stereocenters. The third kappa shape index (κ3) is 33.9. The van der Waals surface area contributed by atoms with E-state index < -0.39 is 165 Å². The van der Waals surface area contributed by atoms with Crippen LogP contribution in [0.4, 0.5) is 10.5 Å². The zero-order chi connectivity index (χ0) is 74.2. The van der Waals surface area contributed by atoms with E-state index in [1.165, 1.54) is 18.2 Å². The number of amides is 6. The zero-order valence-electron chi connectivity index (χ0n) is 57.2. The number of ether oxygens (including phenoxy) is 17. The molecule has 0 aliphatic carbocycles. The van der Waals surface area contributed by atoms with E-state index in [0.717, 1.165) is 61.0 Å². The monoisotopic (exact) mass is 1440 g/mol. The van der Waals surface area contributed by atoms with Gasteiger partial charge in [-0.25, -0.2) is 4.79 Å². The van der Waals surface area contributed by atoms with Crippen molar-refractivity contribution in [2.75, 3.05) is 117 Å². The van der Waals surface area contributed by atoms with Gasteiger partial charge in [0.15, 0.2) is 49.2 Å². The predicted octanol–water partition coefficient (Wildman–Crippen LogP) is -0.711. The summed E-state index contributed by atoms with van der Waals surface area (Å²) in [4.78, 5) is 173. The Morgan fingerprint density at radius 1 is 0.386 bits per heavy atom. The smallest absolute Gasteiger partial charge is 0.407 e. The minimum absolute atomic E-state index is 0.000383. The van der Waals surface area contributed by atoms with Crippen LogP contribution in [0, 0.1) is 0 Å². The van der Waals surface area contributed by atoms with Crippen LogP contribution in [0.2, 0.25) is 0 Å². The summed E-state index contributed by atoms with van der Waals surface area (Å²) in [5.41, 5.74) is 0.630. The van der Waals surface area contributed by atoms with Crippen molar-refractivity contribution in [1.29, 1.82) is 0 Å². The topological polar surface area (TPSA) is 468 Å². The fraction of sp³-hybridized carbons (Fsp3) is 0.594. The normalized spacial score (nSPS) is 19.8. The minimum atomic E-state index is -1.43. The number of rotatable bonds is 43. The van der Waals surface area contributed by atoms with Gasteiger partial charge in [0.2, 0.25) is 17.7 Å². The molecule has 2 saturated heterocycles. The molecule has 101 heavy (non-hydrogen) atoms. The van der Waals surface area contributed by atoms with E-state index in [2.05, 4.69) is 31.9 Å². The Hall–Kier alpha value is -9.50. The fourth-order valence-corrected chi connectivity index (χ4v) is 9.31. The van der Waals surface area contributed by atoms with Crippen LogP contribution in [0.25, 0.3) is 0 Å². The molecule has 2 fully saturated rings. The summed E-state index contributed by atoms with van der Waals surface area (Å²) in [5, 5.41) is 15.3. The van der Waals surface area contributed by atoms with Crippen LogP contribution in [0.1, 0.15) is 94.5 Å². The van der Waals surface area contributed by atoms with Crippen LogP contribution in [0.15, 0.2) is 48.5 Å². The first-order valence-electron chi connectivity index (χ1n) is 31.8. The predicted molar refractivity (Wildman–Crippen MR) is 339 cm³/mol. The van der Waals surface area contributed by atoms with Crippen molar-refractivity contribution in [3.8, 4) is 0 Å². The number of carbonyl (C=O) groups is 14. The Morgan fingerprint density at radius 2 is 0.792 bits per heavy atom. The van der Waals surface area contributed by atoms with E-state index >= 15 is 0 Å². The van der Waals surface area contributed by atoms with Gasteiger partial charge >= 0.3 is 53.8 Å². The number of benzene rings is 2. The Bertz CT molecular complexity index is 2940. The zero-order valence-corrected chi connectivity index (χ0v) is 57.2. The van der Waals surface area contributed by atoms with Gasteiger partial charge in [0.1, 0.15) is 32.0 Å². The molecule has 0 aromatic heterocycles. The first kappa shape index (κ1) is 83.9. The molecule has 0 radical (unpaired) electrons. The number of hydrogen-bond donors (Lipinski definition) is 6. The molecule has 6 N–H and O–H groups in total. The van der Waals surface area contributed by atoms with Crippen molar-refractivity contribution in [3.63, 3.8) is 0 Å². The van der Waals surface area contributed by atoms with E-state index in [-0.39, 0.29) is 129 Å². The fourth-order valence-electron chi connectivity index (χ4n) is 9.31. The molecule has 6 amide bonds. The van der Waals surface area contributed by atoms with Crippen molar-refractivity contribution >= 4 is 89.1 Å². The number of carbonyl (C=O) groups excluding carboxylic acids is 14. The minimum Gasteiger partial charge on any atom is -0.463 e. The second kappa shape index (κ2) is 46.0. The summed E-state index contributed by atoms with van der Waals surface area (Å²) in [7, 11) is 0. The molecule has 0 bridgehead atoms. The third-order valence-corrected chi connectivity index (χ3v) is 13.4. The van der Waals surface area contributed by atoms with Crippen molar-refractivity contribution in [2.45, 2.75) is 136 Å². The number of anilines is 1. The van der Waals surface area contributed by atoms with Gasteiger partial charge in [-0.1, -0.05) is 30.3 Å². The molecule has 2 aliphatic rings. The summed E-state index contributed by atoms with van der Waals surface area (Å²) < 4.78 is 93.4. The maximum absolute atomic E-state index is 13.6. The van der Waals surface area contributed by atoms with Crippen molar-refractivity contribution in [3.05, 3.63) is 65.2 Å². The Kier molecular flexibility index (Phi) is 38.2. The van der Waals surface area contributed by atoms with E-state index in [9.17, 15) is 67.1 Å². The SMILES string of the molecule is CC(=O)OC[C@H]1O[C@H](OCCOCCOCCNC(=O)c2cc(NC(=O)CNC(=O)CCCNC(=O)CNC(=O)OCc3ccccc3)cc(C(=O)NCCOCCOCCO[C@H]3O[C@H](COC(C)=O)[C@@H](OC(C)=O)[C@H](OC(C)=O)[C@@H]3OC(C)=O)c2)[C@@H](OC(C)=O)[C@@H](OC(C)=O)[C@@H]1OC(C)=O. The van der Waals surface area contributed by atoms with Gasteiger partial charge in [0, 0.05) is 98.3 Å². The highest BCUT2D eigenvalue weighted by Crippen LogP contribution is 2.32. The summed E-state index contributed by atoms with van der Waals surface area (Å²) in [6, 6.07) is 12.8. The highest BCUT2D eigenvalue weighted by atomic mass is 16.8. The lowest BCUT2D eigenvalue weighted by molar-refractivity contribution is -0.309. The highest BCUT2D eigenvalue weighted by molar-refractivity contribution is 6.03. The molecule has 37 heteroatoms. The number of hydrogen-bond acceptors (Lipinski definition) is 31. The van der Waals surface area contributed by atoms with Crippen LogP contribution < -0.4 is 31.9 Å². The second-order valence-electron chi connectivity index (χ2n) is 21.8. The summed E-state index contributed by atoms with van der Waals surface area (Å²) in [5.74, 6) is -9.39. The van der Waals surface area contributed by atoms with E-state index in [1.54, 1.807) is 24.3 Å². The standard InChI is InChI=1S/C64H88N6O31/c1-37(71)91-35-49-54(94-39(3)73)56(96-41(5)75)58(98-43(7)77)62(100-49)89-27-25-87-23-21-85-19-17-66-60(82)46-29-47(31-48(30-46)70-53(81)33-68-51(79)15-12-16-65-52(80)32-69-64(84)93-34-45-13-10-9-11-14-45)61(83)67-18-20-86-22-24-88-26-28-90-63-59(99-44(8)78)57(97-42(6)76)55(95-40(4)74)50(101-63)36-92-38(2)72/h9-11,13-14,29-31,49-50,54-59,62-63H,12,15-28,32-36H2,1-8H3,(H,65,80)(H,66,82)(H,67,83)(H,68,79)(H,69,84)(H,70,81)/t49-,50-,54-,55-,56+,57+,58+,59+,62+,63+/m1/s1. The third-order valence-electron chi connectivity index (χ3n) is 13.4. The quantitative estimate of drug-likeness (QED) is 0.0271. The number of esters is 8. The maximum Gasteiger partial charge on any atom is 0.407 e. The molecular weight excluding hydrogens is 1350 g/mol. The molecule has 4 rings (SSSR count). The molecule has 560 valence electrons. The largest absolute Gasteiger partial charge is 0.463 e. The molecule has 0 saturated carbocycles. The molecule has 10 atom stereocenters. The summed E-state index contributed by atoms with van der Waals surface area (Å²) in [6.45, 7) is 6.53. The average Bonchev–Trinajstić information content (AvgIpc) is 0.794. The van der Waals surface area contributed by atoms with Crippen LogP contribution in [-0.2, 0) is 140 Å². The van der Waals surface area contributed by atoms with Crippen LogP contribution in [0.3, 0.4) is 0 Å². The van der Waals surface area contributed by atoms with Gasteiger partial charge < -0.3 is 112 Å². The molecule has 2 aromatic rings. The first-order valence-corrected chi connectivity index (χ1v) is 31.8. The first-order chi connectivity index (χ1) is 48.2. The number of nitrogens with one attached hydrogen (secondary N) is 6. The molecule has 37 nitrogen and oxygen atoms in total. The van der Waals surface area contributed by atoms with E-state index in [0.29, 0.717) is 0 Å². The van der Waals surface area contributed by atoms with Gasteiger partial charge in [0.25, 0.3) is 11.8 Å². The molecular formula is C64H88N6O31. The van der Waals surface area contributed by atoms with E-state index in [4.69, 9.17) is 80.5 Å². The molecule has 2 heterocycles. The Labute approximate surface area is 580 Å². The van der Waals surface area contributed by atoms with Gasteiger partial charge in [-0.2, -0.15) is 0 Å². The average molecular weight is 1440 g/mol. The summed E-state index contributed by atoms with van der Waals surface area (Å²) >= 11 is 0. The van der Waals surface area contributed by atoms with Crippen molar-refractivity contribution in [2.24, 2.45) is 0 Å². The Balaban J connectivity index is 1.28. The summed E-state index contributed by atoms with van der Waals surface area (Å²) in [6.07, 6.45) is -14.4. The molecule has 2 aliphatic heterocycles.